The lowest BCUT2D eigenvalue weighted by Gasteiger charge is -2.08. The average molecular weight is 194 g/mol. The molecule has 0 unspecified atom stereocenters. The van der Waals surface area contributed by atoms with Gasteiger partial charge in [-0.25, -0.2) is 9.97 Å². The molecule has 0 fully saturated rings. The number of nitrogens with zero attached hydrogens (tertiary/aromatic N) is 2. The summed E-state index contributed by atoms with van der Waals surface area (Å²) in [6.45, 7) is 8.01. The Bertz CT molecular complexity index is 255. The van der Waals surface area contributed by atoms with Crippen LogP contribution in [0.3, 0.4) is 0 Å². The number of nitrogens with one attached hydrogen (secondary N) is 2. The van der Waals surface area contributed by atoms with Crippen LogP contribution >= 0.6 is 0 Å². The summed E-state index contributed by atoms with van der Waals surface area (Å²) < 4.78 is 0. The summed E-state index contributed by atoms with van der Waals surface area (Å²) in [5, 5.41) is 6.37. The summed E-state index contributed by atoms with van der Waals surface area (Å²) in [5.74, 6) is 0.695. The zero-order valence-corrected chi connectivity index (χ0v) is 9.04. The van der Waals surface area contributed by atoms with Crippen molar-refractivity contribution in [2.75, 3.05) is 11.9 Å². The highest BCUT2D eigenvalue weighted by atomic mass is 15.1. The highest BCUT2D eigenvalue weighted by molar-refractivity contribution is 5.25. The molecular formula is C10H18N4. The zero-order valence-electron chi connectivity index (χ0n) is 9.04. The van der Waals surface area contributed by atoms with Gasteiger partial charge < -0.3 is 10.6 Å². The Labute approximate surface area is 85.2 Å². The van der Waals surface area contributed by atoms with E-state index in [2.05, 4.69) is 41.4 Å². The highest BCUT2D eigenvalue weighted by Gasteiger charge is 1.98. The summed E-state index contributed by atoms with van der Waals surface area (Å²) in [6.07, 6.45) is 3.70. The summed E-state index contributed by atoms with van der Waals surface area (Å²) in [5.41, 5.74) is 1.11. The first-order chi connectivity index (χ1) is 6.72. The van der Waals surface area contributed by atoms with Gasteiger partial charge in [0.25, 0.3) is 0 Å². The van der Waals surface area contributed by atoms with Crippen LogP contribution < -0.4 is 10.6 Å². The Morgan fingerprint density at radius 3 is 2.43 bits per heavy atom. The van der Waals surface area contributed by atoms with Crippen LogP contribution in [-0.4, -0.2) is 22.6 Å². The molecule has 0 aliphatic carbocycles. The molecule has 1 heterocycles. The Balaban J connectivity index is 2.50. The van der Waals surface area contributed by atoms with Crippen molar-refractivity contribution in [1.82, 2.24) is 15.3 Å². The van der Waals surface area contributed by atoms with E-state index in [0.717, 1.165) is 18.7 Å². The topological polar surface area (TPSA) is 49.8 Å². The van der Waals surface area contributed by atoms with E-state index in [4.69, 9.17) is 0 Å². The Kier molecular flexibility index (Phi) is 4.32. The van der Waals surface area contributed by atoms with Crippen LogP contribution in [0.25, 0.3) is 0 Å². The van der Waals surface area contributed by atoms with Gasteiger partial charge in [-0.15, -0.1) is 0 Å². The summed E-state index contributed by atoms with van der Waals surface area (Å²) >= 11 is 0. The Morgan fingerprint density at radius 2 is 1.93 bits per heavy atom. The molecule has 4 heteroatoms. The van der Waals surface area contributed by atoms with E-state index in [1.165, 1.54) is 0 Å². The molecule has 0 amide bonds. The molecule has 0 radical (unpaired) electrons. The van der Waals surface area contributed by atoms with Gasteiger partial charge in [-0.3, -0.25) is 0 Å². The van der Waals surface area contributed by atoms with Crippen molar-refractivity contribution in [2.45, 2.75) is 33.4 Å². The van der Waals surface area contributed by atoms with Gasteiger partial charge in [0, 0.05) is 30.5 Å². The maximum absolute atomic E-state index is 4.21. The molecule has 4 nitrogen and oxygen atoms in total. The van der Waals surface area contributed by atoms with Gasteiger partial charge in [0.2, 0.25) is 5.95 Å². The van der Waals surface area contributed by atoms with Crippen molar-refractivity contribution in [2.24, 2.45) is 0 Å². The second kappa shape index (κ2) is 5.54. The lowest BCUT2D eigenvalue weighted by Crippen LogP contribution is -2.14. The molecule has 0 aliphatic heterocycles. The summed E-state index contributed by atoms with van der Waals surface area (Å²) in [7, 11) is 0. The van der Waals surface area contributed by atoms with Crippen molar-refractivity contribution in [3.05, 3.63) is 18.0 Å². The van der Waals surface area contributed by atoms with Gasteiger partial charge in [-0.05, 0) is 20.4 Å². The fraction of sp³-hybridized carbons (Fsp3) is 0.600. The van der Waals surface area contributed by atoms with E-state index in [9.17, 15) is 0 Å². The minimum atomic E-state index is 0.370. The molecule has 14 heavy (non-hydrogen) atoms. The van der Waals surface area contributed by atoms with Crippen LogP contribution in [0.15, 0.2) is 12.4 Å². The lowest BCUT2D eigenvalue weighted by molar-refractivity contribution is 0.720. The number of aromatic nitrogens is 2. The Morgan fingerprint density at radius 1 is 1.29 bits per heavy atom. The van der Waals surface area contributed by atoms with Gasteiger partial charge in [-0.2, -0.15) is 0 Å². The van der Waals surface area contributed by atoms with Crippen LogP contribution in [0.2, 0.25) is 0 Å². The first-order valence-electron chi connectivity index (χ1n) is 5.00. The highest BCUT2D eigenvalue weighted by Crippen LogP contribution is 2.01. The van der Waals surface area contributed by atoms with Crippen LogP contribution in [0.5, 0.6) is 0 Å². The van der Waals surface area contributed by atoms with E-state index in [1.54, 1.807) is 0 Å². The number of anilines is 1. The molecule has 78 valence electrons. The fourth-order valence-corrected chi connectivity index (χ4v) is 1.05. The maximum Gasteiger partial charge on any atom is 0.222 e. The predicted molar refractivity (Wildman–Crippen MR) is 58.2 cm³/mol. The third kappa shape index (κ3) is 3.70. The molecule has 0 saturated carbocycles. The second-order valence-corrected chi connectivity index (χ2v) is 3.49. The molecule has 0 aromatic carbocycles. The SMILES string of the molecule is CCNCc1cnc(NC(C)C)nc1. The van der Waals surface area contributed by atoms with Crippen LogP contribution in [0, 0.1) is 0 Å². The molecule has 0 bridgehead atoms. The standard InChI is InChI=1S/C10H18N4/c1-4-11-5-9-6-12-10(13-7-9)14-8(2)3/h6-8,11H,4-5H2,1-3H3,(H,12,13,14). The van der Waals surface area contributed by atoms with E-state index < -0.39 is 0 Å². The lowest BCUT2D eigenvalue weighted by atomic mass is 10.3. The maximum atomic E-state index is 4.21. The van der Waals surface area contributed by atoms with Crippen molar-refractivity contribution in [1.29, 1.82) is 0 Å². The molecular weight excluding hydrogens is 176 g/mol. The Hall–Kier alpha value is -1.16. The third-order valence-electron chi connectivity index (χ3n) is 1.70. The van der Waals surface area contributed by atoms with E-state index in [1.807, 2.05) is 12.4 Å². The number of rotatable bonds is 5. The molecule has 0 saturated heterocycles. The van der Waals surface area contributed by atoms with Crippen molar-refractivity contribution >= 4 is 5.95 Å². The first kappa shape index (κ1) is 10.9. The van der Waals surface area contributed by atoms with E-state index >= 15 is 0 Å². The average Bonchev–Trinajstić information content (AvgIpc) is 2.16. The van der Waals surface area contributed by atoms with Crippen molar-refractivity contribution in [3.63, 3.8) is 0 Å². The van der Waals surface area contributed by atoms with Crippen molar-refractivity contribution in [3.8, 4) is 0 Å². The van der Waals surface area contributed by atoms with Gasteiger partial charge in [-0.1, -0.05) is 6.92 Å². The zero-order chi connectivity index (χ0) is 10.4. The quantitative estimate of drug-likeness (QED) is 0.744. The monoisotopic (exact) mass is 194 g/mol. The first-order valence-corrected chi connectivity index (χ1v) is 5.00. The number of hydrogen-bond donors (Lipinski definition) is 2. The summed E-state index contributed by atoms with van der Waals surface area (Å²) in [6, 6.07) is 0.370. The van der Waals surface area contributed by atoms with E-state index in [-0.39, 0.29) is 0 Å². The third-order valence-corrected chi connectivity index (χ3v) is 1.70. The van der Waals surface area contributed by atoms with Crippen LogP contribution in [0.1, 0.15) is 26.3 Å². The molecule has 0 aliphatic rings. The normalized spacial score (nSPS) is 10.6. The van der Waals surface area contributed by atoms with Crippen LogP contribution in [-0.2, 0) is 6.54 Å². The molecule has 1 rings (SSSR count). The minimum absolute atomic E-state index is 0.370. The smallest absolute Gasteiger partial charge is 0.222 e. The van der Waals surface area contributed by atoms with Gasteiger partial charge in [0.05, 0.1) is 0 Å². The second-order valence-electron chi connectivity index (χ2n) is 3.49. The van der Waals surface area contributed by atoms with Gasteiger partial charge >= 0.3 is 0 Å². The van der Waals surface area contributed by atoms with E-state index in [0.29, 0.717) is 12.0 Å². The van der Waals surface area contributed by atoms with Gasteiger partial charge in [0.15, 0.2) is 0 Å². The minimum Gasteiger partial charge on any atom is -0.352 e. The predicted octanol–water partition coefficient (Wildman–Crippen LogP) is 1.41. The molecule has 1 aromatic rings. The van der Waals surface area contributed by atoms with Gasteiger partial charge in [0.1, 0.15) is 0 Å². The largest absolute Gasteiger partial charge is 0.352 e. The molecule has 0 spiro atoms. The molecule has 1 aromatic heterocycles. The van der Waals surface area contributed by atoms with Crippen molar-refractivity contribution < 1.29 is 0 Å². The summed E-state index contributed by atoms with van der Waals surface area (Å²) in [4.78, 5) is 8.42. The molecule has 2 N–H and O–H groups in total. The number of hydrogen-bond acceptors (Lipinski definition) is 4. The van der Waals surface area contributed by atoms with Crippen LogP contribution in [0.4, 0.5) is 5.95 Å². The fourth-order valence-electron chi connectivity index (χ4n) is 1.05. The molecule has 0 atom stereocenters.